The fourth-order valence-electron chi connectivity index (χ4n) is 1.70. The number of hydrogen-bond donors (Lipinski definition) is 1. The van der Waals surface area contributed by atoms with E-state index in [1.165, 1.54) is 0 Å². The first kappa shape index (κ1) is 11.0. The van der Waals surface area contributed by atoms with Crippen LogP contribution in [0.3, 0.4) is 0 Å². The quantitative estimate of drug-likeness (QED) is 0.785. The molecule has 0 aliphatic carbocycles. The second-order valence-electron chi connectivity index (χ2n) is 3.75. The second kappa shape index (κ2) is 4.98. The van der Waals surface area contributed by atoms with Crippen LogP contribution >= 0.6 is 0 Å². The molecule has 4 nitrogen and oxygen atoms in total. The van der Waals surface area contributed by atoms with Gasteiger partial charge in [0.05, 0.1) is 11.7 Å². The third-order valence-corrected chi connectivity index (χ3v) is 2.43. The highest BCUT2D eigenvalue weighted by Crippen LogP contribution is 2.18. The van der Waals surface area contributed by atoms with E-state index in [-0.39, 0.29) is 0 Å². The van der Waals surface area contributed by atoms with Gasteiger partial charge in [0.1, 0.15) is 0 Å². The molecule has 2 N–H and O–H groups in total. The van der Waals surface area contributed by atoms with E-state index in [4.69, 9.17) is 5.73 Å². The van der Waals surface area contributed by atoms with E-state index >= 15 is 0 Å². The van der Waals surface area contributed by atoms with Gasteiger partial charge in [-0.15, -0.1) is 5.10 Å². The molecule has 14 heavy (non-hydrogen) atoms. The molecule has 1 rings (SSSR count). The number of rotatable bonds is 5. The molecule has 0 radical (unpaired) electrons. The first-order valence-electron chi connectivity index (χ1n) is 5.40. The number of hydrogen-bond acceptors (Lipinski definition) is 3. The van der Waals surface area contributed by atoms with Gasteiger partial charge in [-0.05, 0) is 19.8 Å². The van der Waals surface area contributed by atoms with Gasteiger partial charge in [-0.2, -0.15) is 0 Å². The fraction of sp³-hybridized carbons (Fsp3) is 0.800. The Morgan fingerprint density at radius 3 is 2.64 bits per heavy atom. The summed E-state index contributed by atoms with van der Waals surface area (Å²) in [4.78, 5) is 0. The molecule has 4 heteroatoms. The van der Waals surface area contributed by atoms with Crippen LogP contribution in [0.5, 0.6) is 0 Å². The zero-order chi connectivity index (χ0) is 10.6. The maximum absolute atomic E-state index is 5.77. The summed E-state index contributed by atoms with van der Waals surface area (Å²) in [6.45, 7) is 6.48. The third-order valence-electron chi connectivity index (χ3n) is 2.43. The lowest BCUT2D eigenvalue weighted by atomic mass is 10.2. The van der Waals surface area contributed by atoms with E-state index in [2.05, 4.69) is 31.1 Å². The van der Waals surface area contributed by atoms with Crippen molar-refractivity contribution in [2.75, 3.05) is 5.73 Å². The highest BCUT2D eigenvalue weighted by molar-refractivity contribution is 5.33. The van der Waals surface area contributed by atoms with Crippen molar-refractivity contribution in [3.63, 3.8) is 0 Å². The van der Waals surface area contributed by atoms with Crippen LogP contribution < -0.4 is 5.73 Å². The van der Waals surface area contributed by atoms with E-state index in [1.54, 1.807) is 0 Å². The maximum atomic E-state index is 5.77. The van der Waals surface area contributed by atoms with Crippen LogP contribution in [0.15, 0.2) is 0 Å². The summed E-state index contributed by atoms with van der Waals surface area (Å²) < 4.78 is 1.97. The topological polar surface area (TPSA) is 56.7 Å². The SMILES string of the molecule is CCCc1c(N)nnn1C(C)CCC. The number of nitrogen functional groups attached to an aromatic ring is 1. The van der Waals surface area contributed by atoms with Crippen molar-refractivity contribution in [1.82, 2.24) is 15.0 Å². The zero-order valence-corrected chi connectivity index (χ0v) is 9.32. The minimum absolute atomic E-state index is 0.409. The van der Waals surface area contributed by atoms with Crippen molar-refractivity contribution in [3.8, 4) is 0 Å². The fourth-order valence-corrected chi connectivity index (χ4v) is 1.70. The Labute approximate surface area is 85.5 Å². The molecule has 0 saturated heterocycles. The summed E-state index contributed by atoms with van der Waals surface area (Å²) in [6.07, 6.45) is 4.33. The average molecular weight is 196 g/mol. The molecular weight excluding hydrogens is 176 g/mol. The zero-order valence-electron chi connectivity index (χ0n) is 9.32. The Hall–Kier alpha value is -1.06. The van der Waals surface area contributed by atoms with Crippen LogP contribution in [0.25, 0.3) is 0 Å². The molecule has 1 unspecified atom stereocenters. The summed E-state index contributed by atoms with van der Waals surface area (Å²) in [7, 11) is 0. The van der Waals surface area contributed by atoms with Crippen LogP contribution in [0.4, 0.5) is 5.82 Å². The van der Waals surface area contributed by atoms with Gasteiger partial charge >= 0.3 is 0 Å². The van der Waals surface area contributed by atoms with Gasteiger partial charge in [0.15, 0.2) is 5.82 Å². The number of anilines is 1. The summed E-state index contributed by atoms with van der Waals surface area (Å²) in [5.41, 5.74) is 6.86. The maximum Gasteiger partial charge on any atom is 0.169 e. The number of nitrogens with two attached hydrogens (primary N) is 1. The van der Waals surface area contributed by atoms with Crippen LogP contribution in [0.2, 0.25) is 0 Å². The Morgan fingerprint density at radius 1 is 1.36 bits per heavy atom. The second-order valence-corrected chi connectivity index (χ2v) is 3.75. The van der Waals surface area contributed by atoms with Gasteiger partial charge in [0.25, 0.3) is 0 Å². The molecule has 0 aliphatic heterocycles. The van der Waals surface area contributed by atoms with Crippen LogP contribution in [-0.2, 0) is 6.42 Å². The highest BCUT2D eigenvalue weighted by Gasteiger charge is 2.13. The molecule has 80 valence electrons. The van der Waals surface area contributed by atoms with Crippen molar-refractivity contribution >= 4 is 5.82 Å². The molecular formula is C10H20N4. The first-order valence-corrected chi connectivity index (χ1v) is 5.40. The molecule has 0 saturated carbocycles. The van der Waals surface area contributed by atoms with E-state index in [9.17, 15) is 0 Å². The van der Waals surface area contributed by atoms with E-state index < -0.39 is 0 Å². The predicted molar refractivity (Wildman–Crippen MR) is 58.0 cm³/mol. The summed E-state index contributed by atoms with van der Waals surface area (Å²) >= 11 is 0. The van der Waals surface area contributed by atoms with Gasteiger partial charge in [0.2, 0.25) is 0 Å². The predicted octanol–water partition coefficient (Wildman–Crippen LogP) is 2.17. The lowest BCUT2D eigenvalue weighted by molar-refractivity contribution is 0.428. The molecule has 0 bridgehead atoms. The Kier molecular flexibility index (Phi) is 3.92. The number of nitrogens with zero attached hydrogens (tertiary/aromatic N) is 3. The minimum Gasteiger partial charge on any atom is -0.381 e. The summed E-state index contributed by atoms with van der Waals surface area (Å²) in [5, 5.41) is 8.02. The largest absolute Gasteiger partial charge is 0.381 e. The lowest BCUT2D eigenvalue weighted by Gasteiger charge is -2.13. The Morgan fingerprint density at radius 2 is 2.07 bits per heavy atom. The molecule has 0 aromatic carbocycles. The standard InChI is InChI=1S/C10H20N4/c1-4-6-8(3)14-9(7-5-2)10(11)12-13-14/h8H,4-7,11H2,1-3H3. The van der Waals surface area contributed by atoms with Gasteiger partial charge in [-0.3, -0.25) is 0 Å². The minimum atomic E-state index is 0.409. The van der Waals surface area contributed by atoms with Crippen LogP contribution in [0, 0.1) is 0 Å². The summed E-state index contributed by atoms with van der Waals surface area (Å²) in [6, 6.07) is 0.409. The molecule has 0 amide bonds. The molecule has 1 heterocycles. The van der Waals surface area contributed by atoms with Crippen LogP contribution in [0.1, 0.15) is 51.8 Å². The smallest absolute Gasteiger partial charge is 0.169 e. The van der Waals surface area contributed by atoms with Gasteiger partial charge < -0.3 is 5.73 Å². The van der Waals surface area contributed by atoms with E-state index in [0.29, 0.717) is 11.9 Å². The summed E-state index contributed by atoms with van der Waals surface area (Å²) in [5.74, 6) is 0.592. The van der Waals surface area contributed by atoms with Crippen LogP contribution in [-0.4, -0.2) is 15.0 Å². The molecule has 0 spiro atoms. The van der Waals surface area contributed by atoms with E-state index in [0.717, 1.165) is 31.4 Å². The van der Waals surface area contributed by atoms with Gasteiger partial charge in [0, 0.05) is 0 Å². The van der Waals surface area contributed by atoms with Crippen molar-refractivity contribution in [1.29, 1.82) is 0 Å². The van der Waals surface area contributed by atoms with Crippen molar-refractivity contribution in [3.05, 3.63) is 5.69 Å². The highest BCUT2D eigenvalue weighted by atomic mass is 15.5. The Balaban J connectivity index is 2.84. The van der Waals surface area contributed by atoms with Crippen molar-refractivity contribution in [2.24, 2.45) is 0 Å². The average Bonchev–Trinajstić information content (AvgIpc) is 2.50. The molecule has 1 aromatic rings. The normalized spacial score (nSPS) is 13.1. The van der Waals surface area contributed by atoms with Crippen molar-refractivity contribution in [2.45, 2.75) is 52.5 Å². The monoisotopic (exact) mass is 196 g/mol. The number of aromatic nitrogens is 3. The lowest BCUT2D eigenvalue weighted by Crippen LogP contribution is -2.11. The van der Waals surface area contributed by atoms with Crippen molar-refractivity contribution < 1.29 is 0 Å². The molecule has 1 atom stereocenters. The van der Waals surface area contributed by atoms with Gasteiger partial charge in [-0.1, -0.05) is 31.9 Å². The molecule has 1 aromatic heterocycles. The first-order chi connectivity index (χ1) is 6.70. The van der Waals surface area contributed by atoms with E-state index in [1.807, 2.05) is 4.68 Å². The Bertz CT molecular complexity index is 280. The van der Waals surface area contributed by atoms with Gasteiger partial charge in [-0.25, -0.2) is 4.68 Å². The molecule has 0 fully saturated rings. The molecule has 0 aliphatic rings. The third kappa shape index (κ3) is 2.25.